The van der Waals surface area contributed by atoms with E-state index in [-0.39, 0.29) is 17.7 Å². The number of aliphatic hydroxyl groups is 2. The topological polar surface area (TPSA) is 86.8 Å². The van der Waals surface area contributed by atoms with Crippen LogP contribution < -0.4 is 4.90 Å². The number of hydrogen-bond acceptors (Lipinski definition) is 5. The number of aliphatic hydroxyl groups excluding tert-OH is 2. The summed E-state index contributed by atoms with van der Waals surface area (Å²) >= 11 is 0. The molecule has 1 aromatic rings. The molecule has 0 saturated carbocycles. The first-order valence-electron chi connectivity index (χ1n) is 7.29. The molecule has 1 aliphatic rings. The van der Waals surface area contributed by atoms with Gasteiger partial charge in [0.1, 0.15) is 5.69 Å². The Morgan fingerprint density at radius 2 is 1.90 bits per heavy atom. The minimum absolute atomic E-state index is 0.0314. The molecule has 0 radical (unpaired) electrons. The molecule has 0 spiro atoms. The van der Waals surface area contributed by atoms with Gasteiger partial charge in [0, 0.05) is 19.2 Å². The first-order chi connectivity index (χ1) is 9.90. The lowest BCUT2D eigenvalue weighted by atomic mass is 9.92. The number of nitro groups is 1. The van der Waals surface area contributed by atoms with Gasteiger partial charge in [0.05, 0.1) is 17.1 Å². The van der Waals surface area contributed by atoms with Crippen LogP contribution in [-0.2, 0) is 0 Å². The van der Waals surface area contributed by atoms with Crippen LogP contribution in [0.1, 0.15) is 38.4 Å². The molecule has 21 heavy (non-hydrogen) atoms. The van der Waals surface area contributed by atoms with Gasteiger partial charge in [-0.2, -0.15) is 0 Å². The average Bonchev–Trinajstić information content (AvgIpc) is 2.46. The zero-order chi connectivity index (χ0) is 15.6. The van der Waals surface area contributed by atoms with Gasteiger partial charge < -0.3 is 15.1 Å². The molecule has 2 N–H and O–H groups in total. The molecule has 1 saturated heterocycles. The van der Waals surface area contributed by atoms with E-state index >= 15 is 0 Å². The third kappa shape index (κ3) is 3.51. The summed E-state index contributed by atoms with van der Waals surface area (Å²) in [7, 11) is 0. The molecule has 6 heteroatoms. The van der Waals surface area contributed by atoms with Crippen molar-refractivity contribution < 1.29 is 15.1 Å². The van der Waals surface area contributed by atoms with Crippen molar-refractivity contribution >= 4 is 11.4 Å². The Morgan fingerprint density at radius 3 is 2.38 bits per heavy atom. The molecule has 0 bridgehead atoms. The van der Waals surface area contributed by atoms with Gasteiger partial charge in [0.2, 0.25) is 0 Å². The van der Waals surface area contributed by atoms with Gasteiger partial charge in [0.25, 0.3) is 5.69 Å². The van der Waals surface area contributed by atoms with Crippen molar-refractivity contribution in [1.82, 2.24) is 0 Å². The number of hydrogen-bond donors (Lipinski definition) is 2. The summed E-state index contributed by atoms with van der Waals surface area (Å²) in [6.45, 7) is 4.78. The molecule has 6 nitrogen and oxygen atoms in total. The third-order valence-electron chi connectivity index (χ3n) is 4.24. The van der Waals surface area contributed by atoms with E-state index in [9.17, 15) is 20.3 Å². The highest BCUT2D eigenvalue weighted by Gasteiger charge is 2.27. The molecular formula is C15H22N2O4. The van der Waals surface area contributed by atoms with E-state index in [0.717, 1.165) is 12.8 Å². The molecular weight excluding hydrogens is 272 g/mol. The fourth-order valence-corrected chi connectivity index (χ4v) is 2.84. The third-order valence-corrected chi connectivity index (χ3v) is 4.24. The molecule has 0 aromatic heterocycles. The standard InChI is InChI=1S/C15H22N2O4/c1-10(18)12-5-7-16(8-6-12)14-4-3-13(11(2)19)9-15(14)17(20)21/h3-4,9-12,18-19H,5-8H2,1-2H3/t10?,11-/m0/s1. The first kappa shape index (κ1) is 15.7. The van der Waals surface area contributed by atoms with Crippen LogP contribution in [0.15, 0.2) is 18.2 Å². The number of piperidine rings is 1. The zero-order valence-corrected chi connectivity index (χ0v) is 12.4. The Kier molecular flexibility index (Phi) is 4.80. The Hall–Kier alpha value is -1.66. The number of nitrogens with zero attached hydrogens (tertiary/aromatic N) is 2. The van der Waals surface area contributed by atoms with Crippen molar-refractivity contribution in [2.45, 2.75) is 38.9 Å². The Labute approximate surface area is 124 Å². The van der Waals surface area contributed by atoms with Crippen molar-refractivity contribution in [2.75, 3.05) is 18.0 Å². The molecule has 1 aromatic carbocycles. The van der Waals surface area contributed by atoms with Gasteiger partial charge in [-0.1, -0.05) is 6.07 Å². The maximum absolute atomic E-state index is 11.3. The number of nitro benzene ring substituents is 1. The fraction of sp³-hybridized carbons (Fsp3) is 0.600. The van der Waals surface area contributed by atoms with Crippen molar-refractivity contribution in [2.24, 2.45) is 5.92 Å². The van der Waals surface area contributed by atoms with Crippen LogP contribution in [0, 0.1) is 16.0 Å². The highest BCUT2D eigenvalue weighted by molar-refractivity contribution is 5.64. The second-order valence-corrected chi connectivity index (χ2v) is 5.75. The van der Waals surface area contributed by atoms with Crippen molar-refractivity contribution in [1.29, 1.82) is 0 Å². The van der Waals surface area contributed by atoms with E-state index < -0.39 is 11.0 Å². The summed E-state index contributed by atoms with van der Waals surface area (Å²) in [5.74, 6) is 0.261. The van der Waals surface area contributed by atoms with Gasteiger partial charge in [-0.3, -0.25) is 10.1 Å². The molecule has 0 amide bonds. The van der Waals surface area contributed by atoms with E-state index in [1.54, 1.807) is 26.0 Å². The van der Waals surface area contributed by atoms with Crippen LogP contribution in [0.2, 0.25) is 0 Å². The van der Waals surface area contributed by atoms with Crippen LogP contribution >= 0.6 is 0 Å². The lowest BCUT2D eigenvalue weighted by molar-refractivity contribution is -0.384. The number of benzene rings is 1. The second kappa shape index (κ2) is 6.41. The Bertz CT molecular complexity index is 508. The fourth-order valence-electron chi connectivity index (χ4n) is 2.84. The van der Waals surface area contributed by atoms with E-state index in [0.29, 0.717) is 24.3 Å². The SMILES string of the molecule is CC(O)C1CCN(c2ccc([C@H](C)O)cc2[N+](=O)[O-])CC1. The Morgan fingerprint density at radius 1 is 1.29 bits per heavy atom. The summed E-state index contributed by atoms with van der Waals surface area (Å²) in [5.41, 5.74) is 1.17. The molecule has 2 atom stereocenters. The van der Waals surface area contributed by atoms with Gasteiger partial charge in [0.15, 0.2) is 0 Å². The quantitative estimate of drug-likeness (QED) is 0.657. The summed E-state index contributed by atoms with van der Waals surface area (Å²) in [6.07, 6.45) is 0.596. The van der Waals surface area contributed by atoms with Gasteiger partial charge in [-0.25, -0.2) is 0 Å². The van der Waals surface area contributed by atoms with Crippen molar-refractivity contribution in [3.63, 3.8) is 0 Å². The highest BCUT2D eigenvalue weighted by atomic mass is 16.6. The lowest BCUT2D eigenvalue weighted by Crippen LogP contribution is -2.37. The number of rotatable bonds is 4. The highest BCUT2D eigenvalue weighted by Crippen LogP contribution is 2.34. The maximum atomic E-state index is 11.3. The first-order valence-corrected chi connectivity index (χ1v) is 7.29. The smallest absolute Gasteiger partial charge is 0.292 e. The molecule has 1 unspecified atom stereocenters. The molecule has 1 heterocycles. The normalized spacial score (nSPS) is 19.3. The minimum atomic E-state index is -0.723. The van der Waals surface area contributed by atoms with Gasteiger partial charge in [-0.05, 0) is 44.2 Å². The van der Waals surface area contributed by atoms with Gasteiger partial charge >= 0.3 is 0 Å². The zero-order valence-electron chi connectivity index (χ0n) is 12.4. The van der Waals surface area contributed by atoms with Crippen LogP contribution in [0.5, 0.6) is 0 Å². The van der Waals surface area contributed by atoms with Crippen molar-refractivity contribution in [3.05, 3.63) is 33.9 Å². The van der Waals surface area contributed by atoms with Crippen LogP contribution in [0.4, 0.5) is 11.4 Å². The summed E-state index contributed by atoms with van der Waals surface area (Å²) in [4.78, 5) is 12.9. The van der Waals surface area contributed by atoms with E-state index in [4.69, 9.17) is 0 Å². The van der Waals surface area contributed by atoms with Crippen LogP contribution in [-0.4, -0.2) is 34.3 Å². The number of anilines is 1. The largest absolute Gasteiger partial charge is 0.393 e. The monoisotopic (exact) mass is 294 g/mol. The van der Waals surface area contributed by atoms with E-state index in [2.05, 4.69) is 0 Å². The molecule has 2 rings (SSSR count). The lowest BCUT2D eigenvalue weighted by Gasteiger charge is -2.34. The minimum Gasteiger partial charge on any atom is -0.393 e. The molecule has 1 fully saturated rings. The maximum Gasteiger partial charge on any atom is 0.292 e. The summed E-state index contributed by atoms with van der Waals surface area (Å²) < 4.78 is 0. The molecule has 116 valence electrons. The molecule has 1 aliphatic heterocycles. The predicted octanol–water partition coefficient (Wildman–Crippen LogP) is 2.25. The van der Waals surface area contributed by atoms with Crippen molar-refractivity contribution in [3.8, 4) is 0 Å². The summed E-state index contributed by atoms with van der Waals surface area (Å²) in [5, 5.41) is 30.5. The Balaban J connectivity index is 2.22. The van der Waals surface area contributed by atoms with E-state index in [1.807, 2.05) is 4.90 Å². The summed E-state index contributed by atoms with van der Waals surface area (Å²) in [6, 6.07) is 4.89. The van der Waals surface area contributed by atoms with Gasteiger partial charge in [-0.15, -0.1) is 0 Å². The molecule has 0 aliphatic carbocycles. The van der Waals surface area contributed by atoms with Crippen LogP contribution in [0.25, 0.3) is 0 Å². The predicted molar refractivity (Wildman–Crippen MR) is 80.3 cm³/mol. The van der Waals surface area contributed by atoms with E-state index in [1.165, 1.54) is 6.07 Å². The average molecular weight is 294 g/mol. The second-order valence-electron chi connectivity index (χ2n) is 5.75. The van der Waals surface area contributed by atoms with Crippen LogP contribution in [0.3, 0.4) is 0 Å².